The van der Waals surface area contributed by atoms with Gasteiger partial charge in [-0.2, -0.15) is 0 Å². The zero-order chi connectivity index (χ0) is 13.3. The van der Waals surface area contributed by atoms with Crippen LogP contribution in [0.2, 0.25) is 0 Å². The number of nitrogens with one attached hydrogen (secondary N) is 1. The van der Waals surface area contributed by atoms with E-state index in [0.29, 0.717) is 0 Å². The Hall–Kier alpha value is -0.930. The molecule has 1 heterocycles. The van der Waals surface area contributed by atoms with Crippen LogP contribution < -0.4 is 5.32 Å². The van der Waals surface area contributed by atoms with Gasteiger partial charge in [0.2, 0.25) is 0 Å². The normalized spacial score (nSPS) is 26.5. The first kappa shape index (κ1) is 13.1. The summed E-state index contributed by atoms with van der Waals surface area (Å²) >= 11 is 0. The Balaban J connectivity index is 1.81. The summed E-state index contributed by atoms with van der Waals surface area (Å²) in [5.41, 5.74) is 2.13. The molecule has 19 heavy (non-hydrogen) atoms. The van der Waals surface area contributed by atoms with E-state index in [0.717, 1.165) is 37.1 Å². The van der Waals surface area contributed by atoms with Gasteiger partial charge in [-0.15, -0.1) is 0 Å². The fourth-order valence-corrected chi connectivity index (χ4v) is 3.48. The van der Waals surface area contributed by atoms with Crippen LogP contribution in [-0.2, 0) is 4.74 Å². The van der Waals surface area contributed by atoms with Gasteiger partial charge < -0.3 is 10.1 Å². The highest BCUT2D eigenvalue weighted by Gasteiger charge is 2.38. The molecule has 1 saturated heterocycles. The number of morpholine rings is 1. The number of ether oxygens (including phenoxy) is 1. The minimum absolute atomic E-state index is 0.0159. The molecular formula is C16H22FNO. The van der Waals surface area contributed by atoms with Crippen LogP contribution in [0, 0.1) is 12.7 Å². The molecule has 1 atom stereocenters. The maximum atomic E-state index is 13.2. The molecule has 2 fully saturated rings. The Bertz CT molecular complexity index is 449. The molecule has 1 aliphatic carbocycles. The first-order valence-corrected chi connectivity index (χ1v) is 7.33. The zero-order valence-corrected chi connectivity index (χ0v) is 11.5. The van der Waals surface area contributed by atoms with Crippen LogP contribution in [-0.4, -0.2) is 18.7 Å². The number of benzene rings is 1. The van der Waals surface area contributed by atoms with E-state index < -0.39 is 0 Å². The summed E-state index contributed by atoms with van der Waals surface area (Å²) in [6, 6.07) is 5.01. The first-order chi connectivity index (χ1) is 9.19. The lowest BCUT2D eigenvalue weighted by Crippen LogP contribution is -2.51. The third-order valence-electron chi connectivity index (χ3n) is 4.51. The quantitative estimate of drug-likeness (QED) is 0.837. The van der Waals surface area contributed by atoms with Crippen molar-refractivity contribution in [1.29, 1.82) is 0 Å². The van der Waals surface area contributed by atoms with Crippen LogP contribution in [0.1, 0.15) is 49.3 Å². The monoisotopic (exact) mass is 263 g/mol. The van der Waals surface area contributed by atoms with Crippen molar-refractivity contribution < 1.29 is 9.13 Å². The van der Waals surface area contributed by atoms with E-state index in [2.05, 4.69) is 5.32 Å². The average molecular weight is 263 g/mol. The molecule has 0 amide bonds. The van der Waals surface area contributed by atoms with E-state index >= 15 is 0 Å². The molecule has 1 aliphatic heterocycles. The zero-order valence-electron chi connectivity index (χ0n) is 11.5. The van der Waals surface area contributed by atoms with Crippen LogP contribution in [0.15, 0.2) is 18.2 Å². The lowest BCUT2D eigenvalue weighted by Gasteiger charge is -2.44. The smallest absolute Gasteiger partial charge is 0.123 e. The van der Waals surface area contributed by atoms with Gasteiger partial charge in [0.1, 0.15) is 5.82 Å². The lowest BCUT2D eigenvalue weighted by molar-refractivity contribution is -0.136. The van der Waals surface area contributed by atoms with E-state index in [1.54, 1.807) is 6.07 Å². The minimum atomic E-state index is -0.169. The van der Waals surface area contributed by atoms with Gasteiger partial charge in [-0.1, -0.05) is 25.3 Å². The average Bonchev–Trinajstić information content (AvgIpc) is 2.39. The van der Waals surface area contributed by atoms with E-state index in [9.17, 15) is 4.39 Å². The number of halogens is 1. The molecule has 3 rings (SSSR count). The SMILES string of the molecule is Cc1cc(F)ccc1C1CNCC2(CCCCC2)O1. The molecule has 1 unspecified atom stereocenters. The molecule has 2 nitrogen and oxygen atoms in total. The molecule has 0 aromatic heterocycles. The summed E-state index contributed by atoms with van der Waals surface area (Å²) in [5.74, 6) is -0.169. The van der Waals surface area contributed by atoms with Crippen molar-refractivity contribution in [3.8, 4) is 0 Å². The highest BCUT2D eigenvalue weighted by atomic mass is 19.1. The van der Waals surface area contributed by atoms with E-state index in [1.165, 1.54) is 25.3 Å². The van der Waals surface area contributed by atoms with Crippen molar-refractivity contribution >= 4 is 0 Å². The molecule has 0 radical (unpaired) electrons. The molecule has 2 aliphatic rings. The molecule has 1 saturated carbocycles. The topological polar surface area (TPSA) is 21.3 Å². The van der Waals surface area contributed by atoms with Crippen LogP contribution in [0.25, 0.3) is 0 Å². The predicted molar refractivity (Wildman–Crippen MR) is 73.6 cm³/mol. The van der Waals surface area contributed by atoms with Crippen LogP contribution in [0.4, 0.5) is 4.39 Å². The van der Waals surface area contributed by atoms with Gasteiger partial charge in [-0.25, -0.2) is 4.39 Å². The summed E-state index contributed by atoms with van der Waals surface area (Å²) in [5, 5.41) is 3.52. The lowest BCUT2D eigenvalue weighted by atomic mass is 9.83. The van der Waals surface area contributed by atoms with Crippen molar-refractivity contribution in [1.82, 2.24) is 5.32 Å². The Morgan fingerprint density at radius 2 is 2.05 bits per heavy atom. The second-order valence-corrected chi connectivity index (χ2v) is 5.98. The van der Waals surface area contributed by atoms with Crippen LogP contribution >= 0.6 is 0 Å². The standard InChI is InChI=1S/C16H22FNO/c1-12-9-13(17)5-6-14(12)15-10-18-11-16(19-15)7-3-2-4-8-16/h5-6,9,15,18H,2-4,7-8,10-11H2,1H3. The number of hydrogen-bond acceptors (Lipinski definition) is 2. The van der Waals surface area contributed by atoms with E-state index in [4.69, 9.17) is 4.74 Å². The summed E-state index contributed by atoms with van der Waals surface area (Å²) in [7, 11) is 0. The Kier molecular flexibility index (Phi) is 3.59. The van der Waals surface area contributed by atoms with Crippen LogP contribution in [0.3, 0.4) is 0 Å². The molecule has 1 spiro atoms. The second kappa shape index (κ2) is 5.22. The Morgan fingerprint density at radius 1 is 1.26 bits per heavy atom. The van der Waals surface area contributed by atoms with Gasteiger partial charge in [-0.05, 0) is 43.0 Å². The Morgan fingerprint density at radius 3 is 2.79 bits per heavy atom. The number of rotatable bonds is 1. The van der Waals surface area contributed by atoms with Crippen molar-refractivity contribution in [2.45, 2.75) is 50.7 Å². The fourth-order valence-electron chi connectivity index (χ4n) is 3.48. The Labute approximate surface area is 114 Å². The van der Waals surface area contributed by atoms with Gasteiger partial charge in [-0.3, -0.25) is 0 Å². The molecule has 1 N–H and O–H groups in total. The predicted octanol–water partition coefficient (Wildman–Crippen LogP) is 3.50. The summed E-state index contributed by atoms with van der Waals surface area (Å²) < 4.78 is 19.6. The van der Waals surface area contributed by atoms with Crippen molar-refractivity contribution in [2.24, 2.45) is 0 Å². The highest BCUT2D eigenvalue weighted by Crippen LogP contribution is 2.38. The molecule has 1 aromatic rings. The van der Waals surface area contributed by atoms with E-state index in [-0.39, 0.29) is 17.5 Å². The molecule has 3 heteroatoms. The van der Waals surface area contributed by atoms with Gasteiger partial charge in [0, 0.05) is 13.1 Å². The number of hydrogen-bond donors (Lipinski definition) is 1. The number of aryl methyl sites for hydroxylation is 1. The summed E-state index contributed by atoms with van der Waals surface area (Å²) in [6.45, 7) is 3.75. The van der Waals surface area contributed by atoms with Gasteiger partial charge >= 0.3 is 0 Å². The molecule has 104 valence electrons. The minimum Gasteiger partial charge on any atom is -0.364 e. The molecule has 1 aromatic carbocycles. The van der Waals surface area contributed by atoms with Gasteiger partial charge in [0.15, 0.2) is 0 Å². The highest BCUT2D eigenvalue weighted by molar-refractivity contribution is 5.29. The van der Waals surface area contributed by atoms with Crippen molar-refractivity contribution in [2.75, 3.05) is 13.1 Å². The maximum Gasteiger partial charge on any atom is 0.123 e. The third kappa shape index (κ3) is 2.67. The maximum absolute atomic E-state index is 13.2. The summed E-state index contributed by atoms with van der Waals surface area (Å²) in [4.78, 5) is 0. The van der Waals surface area contributed by atoms with Crippen LogP contribution in [0.5, 0.6) is 0 Å². The first-order valence-electron chi connectivity index (χ1n) is 7.33. The van der Waals surface area contributed by atoms with Crippen molar-refractivity contribution in [3.63, 3.8) is 0 Å². The second-order valence-electron chi connectivity index (χ2n) is 5.98. The molecular weight excluding hydrogens is 241 g/mol. The van der Waals surface area contributed by atoms with Gasteiger partial charge in [0.05, 0.1) is 11.7 Å². The van der Waals surface area contributed by atoms with Gasteiger partial charge in [0.25, 0.3) is 0 Å². The van der Waals surface area contributed by atoms with E-state index in [1.807, 2.05) is 13.0 Å². The molecule has 0 bridgehead atoms. The third-order valence-corrected chi connectivity index (χ3v) is 4.51. The largest absolute Gasteiger partial charge is 0.364 e. The fraction of sp³-hybridized carbons (Fsp3) is 0.625. The summed E-state index contributed by atoms with van der Waals surface area (Å²) in [6.07, 6.45) is 6.21. The van der Waals surface area contributed by atoms with Crippen molar-refractivity contribution in [3.05, 3.63) is 35.1 Å².